The Morgan fingerprint density at radius 1 is 1.32 bits per heavy atom. The molecule has 2 N–H and O–H groups in total. The molecule has 138 valence electrons. The number of likely N-dealkylation sites (tertiary alicyclic amines) is 1. The Kier molecular flexibility index (Phi) is 8.17. The van der Waals surface area contributed by atoms with Crippen molar-refractivity contribution < 1.29 is 0 Å². The highest BCUT2D eigenvalue weighted by molar-refractivity contribution is 14.0. The minimum absolute atomic E-state index is 0. The van der Waals surface area contributed by atoms with Crippen LogP contribution < -0.4 is 10.6 Å². The number of aromatic nitrogens is 2. The highest BCUT2D eigenvalue weighted by Gasteiger charge is 2.24. The van der Waals surface area contributed by atoms with Crippen LogP contribution in [0.4, 0.5) is 0 Å². The molecule has 1 fully saturated rings. The van der Waals surface area contributed by atoms with Gasteiger partial charge in [-0.15, -0.1) is 35.3 Å². The van der Waals surface area contributed by atoms with Gasteiger partial charge >= 0.3 is 0 Å². The maximum absolute atomic E-state index is 4.35. The number of halogens is 1. The van der Waals surface area contributed by atoms with Gasteiger partial charge in [0.25, 0.3) is 0 Å². The number of thiophene rings is 1. The highest BCUT2D eigenvalue weighted by Crippen LogP contribution is 2.27. The van der Waals surface area contributed by atoms with Gasteiger partial charge in [-0.25, -0.2) is 0 Å². The van der Waals surface area contributed by atoms with E-state index in [2.05, 4.69) is 43.1 Å². The van der Waals surface area contributed by atoms with Crippen molar-refractivity contribution in [2.45, 2.75) is 25.4 Å². The monoisotopic (exact) mass is 474 g/mol. The number of hydrogen-bond acceptors (Lipinski definition) is 4. The van der Waals surface area contributed by atoms with Gasteiger partial charge in [0.2, 0.25) is 0 Å². The summed E-state index contributed by atoms with van der Waals surface area (Å²) < 4.78 is 1.87. The van der Waals surface area contributed by atoms with Crippen LogP contribution in [0.5, 0.6) is 0 Å². The highest BCUT2D eigenvalue weighted by atomic mass is 127. The van der Waals surface area contributed by atoms with Gasteiger partial charge in [-0.3, -0.25) is 14.6 Å². The lowest BCUT2D eigenvalue weighted by Crippen LogP contribution is -2.42. The van der Waals surface area contributed by atoms with Crippen LogP contribution in [0.15, 0.2) is 34.8 Å². The molecule has 6 nitrogen and oxygen atoms in total. The Labute approximate surface area is 170 Å². The fourth-order valence-electron chi connectivity index (χ4n) is 3.11. The third-order valence-corrected chi connectivity index (χ3v) is 5.47. The maximum Gasteiger partial charge on any atom is 0.191 e. The second-order valence-corrected chi connectivity index (χ2v) is 7.01. The molecular formula is C17H27IN6S. The Morgan fingerprint density at radius 2 is 2.12 bits per heavy atom. The molecule has 2 aromatic heterocycles. The predicted molar refractivity (Wildman–Crippen MR) is 115 cm³/mol. The number of nitrogens with zero attached hydrogens (tertiary/aromatic N) is 4. The first kappa shape index (κ1) is 20.2. The van der Waals surface area contributed by atoms with Crippen LogP contribution in [-0.4, -0.2) is 47.3 Å². The molecule has 0 aromatic carbocycles. The molecule has 1 aliphatic heterocycles. The molecule has 1 unspecified atom stereocenters. The Balaban J connectivity index is 0.00000225. The van der Waals surface area contributed by atoms with Gasteiger partial charge in [-0.05, 0) is 43.4 Å². The van der Waals surface area contributed by atoms with Crippen molar-refractivity contribution in [2.24, 2.45) is 12.0 Å². The molecule has 8 heteroatoms. The molecule has 1 aliphatic rings. The van der Waals surface area contributed by atoms with Crippen LogP contribution in [0.1, 0.15) is 29.5 Å². The van der Waals surface area contributed by atoms with E-state index in [1.807, 2.05) is 42.4 Å². The summed E-state index contributed by atoms with van der Waals surface area (Å²) in [6.45, 7) is 3.95. The molecule has 0 aliphatic carbocycles. The van der Waals surface area contributed by atoms with E-state index in [9.17, 15) is 0 Å². The zero-order valence-corrected chi connectivity index (χ0v) is 18.0. The van der Waals surface area contributed by atoms with Crippen LogP contribution in [0.25, 0.3) is 0 Å². The molecule has 3 heterocycles. The van der Waals surface area contributed by atoms with Gasteiger partial charge in [0.1, 0.15) is 0 Å². The van der Waals surface area contributed by atoms with Crippen LogP contribution >= 0.6 is 35.3 Å². The van der Waals surface area contributed by atoms with E-state index in [4.69, 9.17) is 0 Å². The lowest BCUT2D eigenvalue weighted by molar-refractivity contribution is 0.249. The molecule has 3 rings (SSSR count). The molecule has 0 spiro atoms. The van der Waals surface area contributed by atoms with Gasteiger partial charge in [0, 0.05) is 31.7 Å². The smallest absolute Gasteiger partial charge is 0.191 e. The van der Waals surface area contributed by atoms with Crippen LogP contribution in [0.2, 0.25) is 0 Å². The molecule has 0 amide bonds. The number of guanidine groups is 1. The SMILES string of the molecule is CN=C(NCc1ccnn1C)NCC(c1cccs1)N1CCCC1.I. The van der Waals surface area contributed by atoms with E-state index >= 15 is 0 Å². The van der Waals surface area contributed by atoms with Crippen LogP contribution in [-0.2, 0) is 13.6 Å². The van der Waals surface area contributed by atoms with Crippen molar-refractivity contribution in [1.29, 1.82) is 0 Å². The second-order valence-electron chi connectivity index (χ2n) is 6.03. The Bertz CT molecular complexity index is 648. The van der Waals surface area contributed by atoms with E-state index in [0.29, 0.717) is 12.6 Å². The summed E-state index contributed by atoms with van der Waals surface area (Å²) in [5.74, 6) is 0.831. The number of aliphatic imine (C=N–C) groups is 1. The standard InChI is InChI=1S/C17H26N6S.HI/c1-18-17(19-12-14-7-8-21-22(14)2)20-13-15(16-6-5-11-24-16)23-9-3-4-10-23;/h5-8,11,15H,3-4,9-10,12-13H2,1-2H3,(H2,18,19,20);1H. The van der Waals surface area contributed by atoms with Gasteiger partial charge in [0.05, 0.1) is 18.3 Å². The van der Waals surface area contributed by atoms with Crippen LogP contribution in [0.3, 0.4) is 0 Å². The molecule has 25 heavy (non-hydrogen) atoms. The van der Waals surface area contributed by atoms with Gasteiger partial charge in [0.15, 0.2) is 5.96 Å². The van der Waals surface area contributed by atoms with Crippen molar-refractivity contribution in [1.82, 2.24) is 25.3 Å². The molecule has 0 bridgehead atoms. The van der Waals surface area contributed by atoms with Crippen molar-refractivity contribution in [2.75, 3.05) is 26.7 Å². The average Bonchev–Trinajstić information content (AvgIpc) is 3.34. The molecule has 1 atom stereocenters. The van der Waals surface area contributed by atoms with E-state index in [1.54, 1.807) is 0 Å². The minimum Gasteiger partial charge on any atom is -0.354 e. The Hall–Kier alpha value is -1.13. The van der Waals surface area contributed by atoms with Crippen molar-refractivity contribution in [3.63, 3.8) is 0 Å². The van der Waals surface area contributed by atoms with E-state index in [0.717, 1.165) is 18.2 Å². The summed E-state index contributed by atoms with van der Waals surface area (Å²) in [7, 11) is 3.77. The third-order valence-electron chi connectivity index (χ3n) is 4.50. The lowest BCUT2D eigenvalue weighted by atomic mass is 10.2. The average molecular weight is 474 g/mol. The van der Waals surface area contributed by atoms with Crippen LogP contribution in [0, 0.1) is 0 Å². The number of hydrogen-bond donors (Lipinski definition) is 2. The first-order chi connectivity index (χ1) is 11.8. The summed E-state index contributed by atoms with van der Waals surface area (Å²) in [4.78, 5) is 8.35. The van der Waals surface area contributed by atoms with E-state index in [-0.39, 0.29) is 24.0 Å². The molecule has 2 aromatic rings. The summed E-state index contributed by atoms with van der Waals surface area (Å²) in [5, 5.41) is 13.2. The van der Waals surface area contributed by atoms with Crippen molar-refractivity contribution in [3.8, 4) is 0 Å². The quantitative estimate of drug-likeness (QED) is 0.384. The first-order valence-electron chi connectivity index (χ1n) is 8.47. The first-order valence-corrected chi connectivity index (χ1v) is 9.34. The van der Waals surface area contributed by atoms with Crippen molar-refractivity contribution >= 4 is 41.3 Å². The summed E-state index contributed by atoms with van der Waals surface area (Å²) in [6.07, 6.45) is 4.41. The number of nitrogens with one attached hydrogen (secondary N) is 2. The van der Waals surface area contributed by atoms with E-state index < -0.39 is 0 Å². The third kappa shape index (κ3) is 5.42. The fraction of sp³-hybridized carbons (Fsp3) is 0.529. The predicted octanol–water partition coefficient (Wildman–Crippen LogP) is 2.60. The molecule has 0 saturated carbocycles. The summed E-state index contributed by atoms with van der Waals surface area (Å²) in [5.41, 5.74) is 1.13. The lowest BCUT2D eigenvalue weighted by Gasteiger charge is -2.27. The Morgan fingerprint density at radius 3 is 2.72 bits per heavy atom. The second kappa shape index (κ2) is 10.1. The zero-order valence-electron chi connectivity index (χ0n) is 14.8. The maximum atomic E-state index is 4.35. The van der Waals surface area contributed by atoms with Gasteiger partial charge < -0.3 is 10.6 Å². The molecule has 0 radical (unpaired) electrons. The summed E-state index contributed by atoms with van der Waals surface area (Å²) in [6, 6.07) is 6.81. The van der Waals surface area contributed by atoms with Crippen molar-refractivity contribution in [3.05, 3.63) is 40.3 Å². The molecule has 1 saturated heterocycles. The minimum atomic E-state index is 0. The fourth-order valence-corrected chi connectivity index (χ4v) is 3.97. The van der Waals surface area contributed by atoms with Gasteiger partial charge in [-0.2, -0.15) is 5.10 Å². The van der Waals surface area contributed by atoms with Gasteiger partial charge in [-0.1, -0.05) is 6.07 Å². The number of aryl methyl sites for hydroxylation is 1. The zero-order chi connectivity index (χ0) is 16.8. The number of rotatable bonds is 6. The van der Waals surface area contributed by atoms with E-state index in [1.165, 1.54) is 30.8 Å². The largest absolute Gasteiger partial charge is 0.354 e. The summed E-state index contributed by atoms with van der Waals surface area (Å²) >= 11 is 1.84. The normalized spacial score (nSPS) is 16.5. The topological polar surface area (TPSA) is 57.5 Å². The molecular weight excluding hydrogens is 447 g/mol.